The fourth-order valence-corrected chi connectivity index (χ4v) is 1.98. The molecule has 5 nitrogen and oxygen atoms in total. The van der Waals surface area contributed by atoms with Crippen molar-refractivity contribution in [2.75, 3.05) is 31.8 Å². The summed E-state index contributed by atoms with van der Waals surface area (Å²) in [5, 5.41) is 9.17. The van der Waals surface area contributed by atoms with Gasteiger partial charge in [0.1, 0.15) is 0 Å². The number of hydrogen-bond acceptors (Lipinski definition) is 5. The van der Waals surface area contributed by atoms with E-state index >= 15 is 0 Å². The Hall–Kier alpha value is -1.33. The average Bonchev–Trinajstić information content (AvgIpc) is 2.39. The first-order valence-electron chi connectivity index (χ1n) is 5.74. The van der Waals surface area contributed by atoms with Crippen molar-refractivity contribution in [3.05, 3.63) is 18.3 Å². The summed E-state index contributed by atoms with van der Waals surface area (Å²) in [5.41, 5.74) is 0. The van der Waals surface area contributed by atoms with Gasteiger partial charge < -0.3 is 19.5 Å². The van der Waals surface area contributed by atoms with Gasteiger partial charge >= 0.3 is 0 Å². The Bertz CT molecular complexity index is 373. The first kappa shape index (κ1) is 12.1. The van der Waals surface area contributed by atoms with Crippen LogP contribution >= 0.6 is 0 Å². The quantitative estimate of drug-likeness (QED) is 0.839. The van der Waals surface area contributed by atoms with Gasteiger partial charge in [-0.05, 0) is 19.1 Å². The van der Waals surface area contributed by atoms with Gasteiger partial charge in [0.15, 0.2) is 11.6 Å². The lowest BCUT2D eigenvalue weighted by Gasteiger charge is -2.38. The van der Waals surface area contributed by atoms with Crippen molar-refractivity contribution in [2.45, 2.75) is 19.1 Å². The molecule has 2 heterocycles. The fourth-order valence-electron chi connectivity index (χ4n) is 1.98. The van der Waals surface area contributed by atoms with Gasteiger partial charge in [-0.1, -0.05) is 0 Å². The molecule has 1 aliphatic heterocycles. The fraction of sp³-hybridized carbons (Fsp3) is 0.583. The SMILES string of the molecule is COc1cccnc1N1CC(CO)OCC1C. The first-order valence-corrected chi connectivity index (χ1v) is 5.74. The second-order valence-electron chi connectivity index (χ2n) is 4.17. The van der Waals surface area contributed by atoms with Gasteiger partial charge in [0.25, 0.3) is 0 Å². The molecule has 0 aliphatic carbocycles. The number of anilines is 1. The van der Waals surface area contributed by atoms with Crippen molar-refractivity contribution >= 4 is 5.82 Å². The van der Waals surface area contributed by atoms with E-state index in [-0.39, 0.29) is 18.8 Å². The molecule has 1 N–H and O–H groups in total. The number of morpholine rings is 1. The third-order valence-corrected chi connectivity index (χ3v) is 2.95. The lowest BCUT2D eigenvalue weighted by Crippen LogP contribution is -2.50. The molecule has 1 fully saturated rings. The van der Waals surface area contributed by atoms with Crippen LogP contribution in [-0.2, 0) is 4.74 Å². The van der Waals surface area contributed by atoms with Crippen LogP contribution in [0.1, 0.15) is 6.92 Å². The number of rotatable bonds is 3. The summed E-state index contributed by atoms with van der Waals surface area (Å²) < 4.78 is 10.8. The van der Waals surface area contributed by atoms with E-state index in [0.29, 0.717) is 13.2 Å². The van der Waals surface area contributed by atoms with Gasteiger partial charge in [-0.3, -0.25) is 0 Å². The molecule has 0 saturated carbocycles. The molecule has 1 aromatic rings. The van der Waals surface area contributed by atoms with Crippen LogP contribution in [-0.4, -0.2) is 49.1 Å². The lowest BCUT2D eigenvalue weighted by atomic mass is 10.2. The molecular formula is C12H18N2O3. The summed E-state index contributed by atoms with van der Waals surface area (Å²) in [7, 11) is 1.63. The van der Waals surface area contributed by atoms with Crippen molar-refractivity contribution in [2.24, 2.45) is 0 Å². The second-order valence-corrected chi connectivity index (χ2v) is 4.17. The van der Waals surface area contributed by atoms with E-state index in [4.69, 9.17) is 14.6 Å². The van der Waals surface area contributed by atoms with Crippen molar-refractivity contribution in [3.8, 4) is 5.75 Å². The molecule has 2 rings (SSSR count). The summed E-state index contributed by atoms with van der Waals surface area (Å²) in [6, 6.07) is 3.96. The molecular weight excluding hydrogens is 220 g/mol. The highest BCUT2D eigenvalue weighted by Gasteiger charge is 2.28. The first-order chi connectivity index (χ1) is 8.26. The zero-order valence-electron chi connectivity index (χ0n) is 10.2. The Balaban J connectivity index is 2.24. The lowest BCUT2D eigenvalue weighted by molar-refractivity contribution is -0.0107. The van der Waals surface area contributed by atoms with Crippen LogP contribution in [0.2, 0.25) is 0 Å². The topological polar surface area (TPSA) is 54.8 Å². The van der Waals surface area contributed by atoms with Crippen LogP contribution < -0.4 is 9.64 Å². The smallest absolute Gasteiger partial charge is 0.171 e. The molecule has 2 atom stereocenters. The molecule has 1 aromatic heterocycles. The standard InChI is InChI=1S/C12H18N2O3/c1-9-8-17-10(7-15)6-14(9)12-11(16-2)4-3-5-13-12/h3-5,9-10,15H,6-8H2,1-2H3. The zero-order chi connectivity index (χ0) is 12.3. The Kier molecular flexibility index (Phi) is 3.81. The molecule has 0 radical (unpaired) electrons. The number of aromatic nitrogens is 1. The number of aliphatic hydroxyl groups excluding tert-OH is 1. The van der Waals surface area contributed by atoms with Gasteiger partial charge in [0, 0.05) is 12.7 Å². The van der Waals surface area contributed by atoms with Gasteiger partial charge in [0.2, 0.25) is 0 Å². The van der Waals surface area contributed by atoms with Crippen LogP contribution in [0.5, 0.6) is 5.75 Å². The summed E-state index contributed by atoms with van der Waals surface area (Å²) in [5.74, 6) is 1.56. The summed E-state index contributed by atoms with van der Waals surface area (Å²) >= 11 is 0. The predicted molar refractivity (Wildman–Crippen MR) is 64.4 cm³/mol. The van der Waals surface area contributed by atoms with Crippen molar-refractivity contribution in [1.29, 1.82) is 0 Å². The van der Waals surface area contributed by atoms with Crippen molar-refractivity contribution < 1.29 is 14.6 Å². The molecule has 0 amide bonds. The molecule has 1 aliphatic rings. The molecule has 0 bridgehead atoms. The maximum atomic E-state index is 9.17. The largest absolute Gasteiger partial charge is 0.493 e. The highest BCUT2D eigenvalue weighted by Crippen LogP contribution is 2.28. The Morgan fingerprint density at radius 1 is 1.65 bits per heavy atom. The highest BCUT2D eigenvalue weighted by atomic mass is 16.5. The molecule has 5 heteroatoms. The maximum Gasteiger partial charge on any atom is 0.171 e. The van der Waals surface area contributed by atoms with E-state index in [0.717, 1.165) is 11.6 Å². The van der Waals surface area contributed by atoms with Gasteiger partial charge in [-0.25, -0.2) is 4.98 Å². The van der Waals surface area contributed by atoms with E-state index in [1.54, 1.807) is 13.3 Å². The Morgan fingerprint density at radius 2 is 2.47 bits per heavy atom. The van der Waals surface area contributed by atoms with Crippen LogP contribution in [0.4, 0.5) is 5.82 Å². The molecule has 2 unspecified atom stereocenters. The third-order valence-electron chi connectivity index (χ3n) is 2.95. The third kappa shape index (κ3) is 2.50. The number of methoxy groups -OCH3 is 1. The van der Waals surface area contributed by atoms with Crippen LogP contribution in [0, 0.1) is 0 Å². The molecule has 17 heavy (non-hydrogen) atoms. The van der Waals surface area contributed by atoms with Gasteiger partial charge in [-0.2, -0.15) is 0 Å². The Labute approximate surface area is 101 Å². The summed E-state index contributed by atoms with van der Waals surface area (Å²) in [4.78, 5) is 6.47. The molecule has 0 spiro atoms. The minimum Gasteiger partial charge on any atom is -0.493 e. The van der Waals surface area contributed by atoms with Crippen molar-refractivity contribution in [3.63, 3.8) is 0 Å². The molecule has 94 valence electrons. The average molecular weight is 238 g/mol. The van der Waals surface area contributed by atoms with Gasteiger partial charge in [-0.15, -0.1) is 0 Å². The number of hydrogen-bond donors (Lipinski definition) is 1. The van der Waals surface area contributed by atoms with Gasteiger partial charge in [0.05, 0.1) is 32.5 Å². The van der Waals surface area contributed by atoms with E-state index < -0.39 is 0 Å². The molecule has 1 saturated heterocycles. The maximum absolute atomic E-state index is 9.17. The van der Waals surface area contributed by atoms with Crippen molar-refractivity contribution in [1.82, 2.24) is 4.98 Å². The monoisotopic (exact) mass is 238 g/mol. The minimum absolute atomic E-state index is 0.0262. The molecule has 0 aromatic carbocycles. The number of ether oxygens (including phenoxy) is 2. The number of aliphatic hydroxyl groups is 1. The van der Waals surface area contributed by atoms with E-state index in [9.17, 15) is 0 Å². The van der Waals surface area contributed by atoms with Crippen LogP contribution in [0.25, 0.3) is 0 Å². The highest BCUT2D eigenvalue weighted by molar-refractivity contribution is 5.53. The zero-order valence-corrected chi connectivity index (χ0v) is 10.2. The minimum atomic E-state index is -0.155. The predicted octanol–water partition coefficient (Wildman–Crippen LogP) is 0.676. The normalized spacial score (nSPS) is 24.8. The summed E-state index contributed by atoms with van der Waals surface area (Å²) in [6.45, 7) is 3.32. The summed E-state index contributed by atoms with van der Waals surface area (Å²) in [6.07, 6.45) is 1.59. The van der Waals surface area contributed by atoms with Crippen LogP contribution in [0.3, 0.4) is 0 Å². The second kappa shape index (κ2) is 5.33. The van der Waals surface area contributed by atoms with E-state index in [1.165, 1.54) is 0 Å². The number of pyridine rings is 1. The Morgan fingerprint density at radius 3 is 3.18 bits per heavy atom. The van der Waals surface area contributed by atoms with Crippen LogP contribution in [0.15, 0.2) is 18.3 Å². The van der Waals surface area contributed by atoms with E-state index in [1.807, 2.05) is 12.1 Å². The number of nitrogens with zero attached hydrogens (tertiary/aromatic N) is 2. The van der Waals surface area contributed by atoms with E-state index in [2.05, 4.69) is 16.8 Å².